The molecule has 2 rings (SSSR count). The molecule has 0 spiro atoms. The quantitative estimate of drug-likeness (QED) is 0.784. The highest BCUT2D eigenvalue weighted by atomic mass is 16.6. The molecule has 1 atom stereocenters. The number of fused-ring (bicyclic) bond motifs is 1. The molecule has 0 fully saturated rings. The summed E-state index contributed by atoms with van der Waals surface area (Å²) in [6.45, 7) is 5.88. The van der Waals surface area contributed by atoms with E-state index in [-0.39, 0.29) is 19.6 Å². The van der Waals surface area contributed by atoms with Crippen molar-refractivity contribution in [3.63, 3.8) is 0 Å². The van der Waals surface area contributed by atoms with Gasteiger partial charge in [0.05, 0.1) is 18.2 Å². The molecular formula is C17H20N2O4. The molecule has 6 heteroatoms. The van der Waals surface area contributed by atoms with E-state index in [2.05, 4.69) is 6.07 Å². The number of nitrogens with zero attached hydrogens (tertiary/aromatic N) is 2. The second-order valence-corrected chi connectivity index (χ2v) is 6.28. The molecule has 1 aromatic rings. The summed E-state index contributed by atoms with van der Waals surface area (Å²) in [6, 6.07) is 6.72. The van der Waals surface area contributed by atoms with E-state index in [4.69, 9.17) is 9.47 Å². The van der Waals surface area contributed by atoms with Gasteiger partial charge in [0.25, 0.3) is 0 Å². The molecule has 0 N–H and O–H groups in total. The summed E-state index contributed by atoms with van der Waals surface area (Å²) in [6.07, 6.45) is 0.379. The van der Waals surface area contributed by atoms with E-state index in [0.29, 0.717) is 16.9 Å². The second-order valence-electron chi connectivity index (χ2n) is 6.28. The zero-order chi connectivity index (χ0) is 17.0. The van der Waals surface area contributed by atoms with E-state index < -0.39 is 17.7 Å². The van der Waals surface area contributed by atoms with Crippen LogP contribution in [0.15, 0.2) is 18.2 Å². The molecule has 1 amide bonds. The largest absolute Gasteiger partial charge is 0.490 e. The first-order valence-electron chi connectivity index (χ1n) is 7.46. The Bertz CT molecular complexity index is 643. The number of hydrogen-bond acceptors (Lipinski definition) is 5. The van der Waals surface area contributed by atoms with Crippen LogP contribution in [0.5, 0.6) is 5.75 Å². The van der Waals surface area contributed by atoms with E-state index in [1.54, 1.807) is 39.0 Å². The Morgan fingerprint density at radius 3 is 2.87 bits per heavy atom. The molecule has 1 aromatic carbocycles. The van der Waals surface area contributed by atoms with Gasteiger partial charge in [-0.25, -0.2) is 4.79 Å². The number of aldehydes is 1. The van der Waals surface area contributed by atoms with Gasteiger partial charge < -0.3 is 14.3 Å². The number of ether oxygens (including phenoxy) is 2. The third kappa shape index (κ3) is 3.81. The van der Waals surface area contributed by atoms with Crippen molar-refractivity contribution >= 4 is 12.4 Å². The van der Waals surface area contributed by atoms with Crippen LogP contribution in [-0.4, -0.2) is 36.0 Å². The first-order valence-corrected chi connectivity index (χ1v) is 7.46. The van der Waals surface area contributed by atoms with Gasteiger partial charge in [-0.05, 0) is 26.8 Å². The van der Waals surface area contributed by atoms with Gasteiger partial charge >= 0.3 is 6.09 Å². The maximum absolute atomic E-state index is 12.5. The third-order valence-corrected chi connectivity index (χ3v) is 3.43. The second kappa shape index (κ2) is 6.69. The zero-order valence-corrected chi connectivity index (χ0v) is 13.5. The summed E-state index contributed by atoms with van der Waals surface area (Å²) >= 11 is 0. The third-order valence-electron chi connectivity index (χ3n) is 3.43. The lowest BCUT2D eigenvalue weighted by molar-refractivity contribution is -0.108. The van der Waals surface area contributed by atoms with Crippen LogP contribution in [0.1, 0.15) is 44.4 Å². The molecule has 1 unspecified atom stereocenters. The molecule has 0 saturated heterocycles. The fourth-order valence-electron chi connectivity index (χ4n) is 2.52. The van der Waals surface area contributed by atoms with E-state index in [0.717, 1.165) is 6.29 Å². The van der Waals surface area contributed by atoms with Crippen molar-refractivity contribution in [2.75, 3.05) is 13.2 Å². The molecule has 122 valence electrons. The van der Waals surface area contributed by atoms with Crippen molar-refractivity contribution in [2.45, 2.75) is 38.8 Å². The van der Waals surface area contributed by atoms with Crippen LogP contribution in [-0.2, 0) is 9.53 Å². The highest BCUT2D eigenvalue weighted by Crippen LogP contribution is 2.36. The van der Waals surface area contributed by atoms with Crippen molar-refractivity contribution in [2.24, 2.45) is 0 Å². The van der Waals surface area contributed by atoms with Crippen LogP contribution >= 0.6 is 0 Å². The minimum atomic E-state index is -0.632. The molecule has 1 aliphatic heterocycles. The minimum Gasteiger partial charge on any atom is -0.490 e. The molecule has 0 radical (unpaired) electrons. The van der Waals surface area contributed by atoms with Crippen molar-refractivity contribution < 1.29 is 19.1 Å². The summed E-state index contributed by atoms with van der Waals surface area (Å²) in [5.41, 5.74) is 0.414. The van der Waals surface area contributed by atoms with Gasteiger partial charge in [-0.15, -0.1) is 0 Å². The number of carbonyl (C=O) groups is 2. The lowest BCUT2D eigenvalue weighted by atomic mass is 9.99. The molecular weight excluding hydrogens is 296 g/mol. The van der Waals surface area contributed by atoms with Crippen LogP contribution in [0.3, 0.4) is 0 Å². The van der Waals surface area contributed by atoms with Crippen LogP contribution in [0, 0.1) is 11.3 Å². The molecule has 0 saturated carbocycles. The van der Waals surface area contributed by atoms with Crippen molar-refractivity contribution in [3.8, 4) is 11.8 Å². The normalized spacial score (nSPS) is 17.3. The number of nitriles is 1. The lowest BCUT2D eigenvalue weighted by Gasteiger charge is -2.31. The van der Waals surface area contributed by atoms with Crippen LogP contribution < -0.4 is 4.74 Å². The molecule has 6 nitrogen and oxygen atoms in total. The number of para-hydroxylation sites is 1. The summed E-state index contributed by atoms with van der Waals surface area (Å²) in [4.78, 5) is 25.1. The lowest BCUT2D eigenvalue weighted by Crippen LogP contribution is -2.40. The van der Waals surface area contributed by atoms with Crippen molar-refractivity contribution in [3.05, 3.63) is 29.3 Å². The predicted octanol–water partition coefficient (Wildman–Crippen LogP) is 2.82. The summed E-state index contributed by atoms with van der Waals surface area (Å²) < 4.78 is 11.1. The number of carbonyl (C=O) groups excluding carboxylic acids is 2. The van der Waals surface area contributed by atoms with Crippen LogP contribution in [0.4, 0.5) is 4.79 Å². The smallest absolute Gasteiger partial charge is 0.410 e. The van der Waals surface area contributed by atoms with Gasteiger partial charge in [0.15, 0.2) is 0 Å². The average Bonchev–Trinajstić information content (AvgIpc) is 2.65. The van der Waals surface area contributed by atoms with Crippen molar-refractivity contribution in [1.82, 2.24) is 4.90 Å². The Morgan fingerprint density at radius 1 is 1.52 bits per heavy atom. The van der Waals surface area contributed by atoms with Gasteiger partial charge in [-0.2, -0.15) is 5.26 Å². The molecule has 1 aliphatic rings. The van der Waals surface area contributed by atoms with Gasteiger partial charge in [0.1, 0.15) is 30.3 Å². The molecule has 0 bridgehead atoms. The fourth-order valence-corrected chi connectivity index (χ4v) is 2.52. The molecule has 1 heterocycles. The highest BCUT2D eigenvalue weighted by Gasteiger charge is 2.33. The summed E-state index contributed by atoms with van der Waals surface area (Å²) in [7, 11) is 0. The van der Waals surface area contributed by atoms with Crippen molar-refractivity contribution in [1.29, 1.82) is 5.26 Å². The molecule has 0 aliphatic carbocycles. The number of amides is 1. The minimum absolute atomic E-state index is 0.116. The van der Waals surface area contributed by atoms with Gasteiger partial charge in [-0.3, -0.25) is 4.90 Å². The highest BCUT2D eigenvalue weighted by molar-refractivity contribution is 5.70. The van der Waals surface area contributed by atoms with Crippen LogP contribution in [0.2, 0.25) is 0 Å². The average molecular weight is 316 g/mol. The predicted molar refractivity (Wildman–Crippen MR) is 83.0 cm³/mol. The number of hydrogen-bond donors (Lipinski definition) is 0. The van der Waals surface area contributed by atoms with E-state index in [9.17, 15) is 14.9 Å². The summed E-state index contributed by atoms with van der Waals surface area (Å²) in [5, 5.41) is 9.22. The number of benzene rings is 1. The molecule has 0 aromatic heterocycles. The SMILES string of the molecule is CC(C)(C)OC(=O)N1CCOc2c(C#N)cccc2C1CC=O. The first-order chi connectivity index (χ1) is 10.9. The monoisotopic (exact) mass is 316 g/mol. The van der Waals surface area contributed by atoms with E-state index >= 15 is 0 Å². The van der Waals surface area contributed by atoms with Gasteiger partial charge in [0, 0.05) is 12.0 Å². The maximum atomic E-state index is 12.5. The Balaban J connectivity index is 2.43. The van der Waals surface area contributed by atoms with Gasteiger partial charge in [-0.1, -0.05) is 12.1 Å². The Kier molecular flexibility index (Phi) is 4.89. The van der Waals surface area contributed by atoms with E-state index in [1.165, 1.54) is 4.90 Å². The first kappa shape index (κ1) is 16.8. The fraction of sp³-hybridized carbons (Fsp3) is 0.471. The maximum Gasteiger partial charge on any atom is 0.410 e. The Hall–Kier alpha value is -2.55. The topological polar surface area (TPSA) is 79.6 Å². The number of rotatable bonds is 2. The standard InChI is InChI=1S/C17H20N2O4/c1-17(2,3)23-16(21)19-8-10-22-15-12(11-18)5-4-6-13(15)14(19)7-9-20/h4-6,9,14H,7-8,10H2,1-3H3. The Morgan fingerprint density at radius 2 is 2.26 bits per heavy atom. The van der Waals surface area contributed by atoms with Gasteiger partial charge in [0.2, 0.25) is 0 Å². The van der Waals surface area contributed by atoms with E-state index in [1.807, 2.05) is 0 Å². The summed E-state index contributed by atoms with van der Waals surface area (Å²) in [5.74, 6) is 0.438. The Labute approximate surface area is 135 Å². The zero-order valence-electron chi connectivity index (χ0n) is 13.5. The van der Waals surface area contributed by atoms with Crippen LogP contribution in [0.25, 0.3) is 0 Å². The molecule has 23 heavy (non-hydrogen) atoms.